The molecule has 0 aliphatic heterocycles. The summed E-state index contributed by atoms with van der Waals surface area (Å²) in [6.07, 6.45) is 2.54. The minimum atomic E-state index is -0.268. The molecule has 0 aromatic carbocycles. The van der Waals surface area contributed by atoms with Gasteiger partial charge in [0.15, 0.2) is 0 Å². The van der Waals surface area contributed by atoms with E-state index < -0.39 is 0 Å². The summed E-state index contributed by atoms with van der Waals surface area (Å²) in [5, 5.41) is 0. The Labute approximate surface area is 89.5 Å². The first-order chi connectivity index (χ1) is 7.17. The zero-order chi connectivity index (χ0) is 11.3. The molecule has 0 saturated carbocycles. The summed E-state index contributed by atoms with van der Waals surface area (Å²) in [5.41, 5.74) is 6.72. The molecule has 0 bridgehead atoms. The van der Waals surface area contributed by atoms with E-state index in [-0.39, 0.29) is 11.8 Å². The van der Waals surface area contributed by atoms with Crippen molar-refractivity contribution in [3.05, 3.63) is 23.9 Å². The lowest BCUT2D eigenvalue weighted by Gasteiger charge is -2.10. The maximum atomic E-state index is 11.2. The predicted octanol–water partition coefficient (Wildman–Crippen LogP) is 1.46. The van der Waals surface area contributed by atoms with Gasteiger partial charge >= 0.3 is 0 Å². The lowest BCUT2D eigenvalue weighted by atomic mass is 10.0. The number of rotatable bonds is 5. The fourth-order valence-electron chi connectivity index (χ4n) is 1.24. The average Bonchev–Trinajstić information content (AvgIpc) is 2.29. The van der Waals surface area contributed by atoms with E-state index in [2.05, 4.69) is 4.98 Å². The summed E-state index contributed by atoms with van der Waals surface area (Å²) in [6, 6.07) is 3.31. The first kappa shape index (κ1) is 11.7. The molecule has 15 heavy (non-hydrogen) atoms. The minimum absolute atomic E-state index is 0.165. The maximum Gasteiger partial charge on any atom is 0.212 e. The number of nitrogens with zero attached hydrogens (tertiary/aromatic N) is 1. The topological polar surface area (TPSA) is 65.2 Å². The molecule has 1 atom stereocenters. The van der Waals surface area contributed by atoms with Crippen LogP contribution in [0.15, 0.2) is 18.3 Å². The molecule has 1 aromatic rings. The van der Waals surface area contributed by atoms with Gasteiger partial charge in [-0.05, 0) is 5.56 Å². The smallest absolute Gasteiger partial charge is 0.212 e. The van der Waals surface area contributed by atoms with Crippen LogP contribution in [0.4, 0.5) is 0 Å². The highest BCUT2D eigenvalue weighted by Gasteiger charge is 2.10. The number of pyridine rings is 1. The van der Waals surface area contributed by atoms with Gasteiger partial charge in [0.05, 0.1) is 7.11 Å². The first-order valence-electron chi connectivity index (χ1n) is 4.94. The summed E-state index contributed by atoms with van der Waals surface area (Å²) in [4.78, 5) is 15.2. The molecule has 1 heterocycles. The van der Waals surface area contributed by atoms with Crippen LogP contribution in [0.2, 0.25) is 0 Å². The molecule has 0 aliphatic rings. The van der Waals surface area contributed by atoms with E-state index in [0.29, 0.717) is 18.7 Å². The number of nitrogens with two attached hydrogens (primary N) is 1. The number of ketones is 1. The van der Waals surface area contributed by atoms with E-state index in [4.69, 9.17) is 10.5 Å². The van der Waals surface area contributed by atoms with Gasteiger partial charge in [-0.2, -0.15) is 0 Å². The highest BCUT2D eigenvalue weighted by atomic mass is 16.5. The highest BCUT2D eigenvalue weighted by molar-refractivity contribution is 5.78. The number of carbonyl (C=O) groups excluding carboxylic acids is 1. The van der Waals surface area contributed by atoms with E-state index in [9.17, 15) is 4.79 Å². The number of hydrogen-bond acceptors (Lipinski definition) is 4. The molecule has 1 aromatic heterocycles. The zero-order valence-electron chi connectivity index (χ0n) is 9.06. The number of methoxy groups -OCH3 is 1. The lowest BCUT2D eigenvalue weighted by Crippen LogP contribution is -2.15. The van der Waals surface area contributed by atoms with Gasteiger partial charge in [-0.1, -0.05) is 13.0 Å². The third-order valence-electron chi connectivity index (χ3n) is 2.24. The molecule has 1 unspecified atom stereocenters. The molecule has 0 radical (unpaired) electrons. The van der Waals surface area contributed by atoms with Crippen molar-refractivity contribution in [2.75, 3.05) is 7.11 Å². The van der Waals surface area contributed by atoms with Crippen LogP contribution in [0.3, 0.4) is 0 Å². The van der Waals surface area contributed by atoms with Gasteiger partial charge in [0.25, 0.3) is 0 Å². The van der Waals surface area contributed by atoms with Crippen molar-refractivity contribution < 1.29 is 9.53 Å². The van der Waals surface area contributed by atoms with Crippen LogP contribution in [0.25, 0.3) is 0 Å². The fraction of sp³-hybridized carbons (Fsp3) is 0.455. The molecular weight excluding hydrogens is 192 g/mol. The summed E-state index contributed by atoms with van der Waals surface area (Å²) in [7, 11) is 1.56. The number of carbonyl (C=O) groups is 1. The van der Waals surface area contributed by atoms with Crippen LogP contribution >= 0.6 is 0 Å². The van der Waals surface area contributed by atoms with E-state index in [0.717, 1.165) is 5.56 Å². The van der Waals surface area contributed by atoms with Crippen molar-refractivity contribution in [2.45, 2.75) is 25.8 Å². The summed E-state index contributed by atoms with van der Waals surface area (Å²) < 4.78 is 4.93. The van der Waals surface area contributed by atoms with Crippen LogP contribution in [-0.2, 0) is 4.79 Å². The maximum absolute atomic E-state index is 11.2. The second-order valence-corrected chi connectivity index (χ2v) is 3.34. The molecule has 0 saturated heterocycles. The minimum Gasteiger partial charge on any atom is -0.481 e. The standard InChI is InChI=1S/C11H16N2O2/c1-3-9(14)6-10(12)8-4-5-11(15-2)13-7-8/h4-5,7,10H,3,6,12H2,1-2H3. The van der Waals surface area contributed by atoms with Gasteiger partial charge in [0.2, 0.25) is 5.88 Å². The van der Waals surface area contributed by atoms with Crippen LogP contribution in [0.1, 0.15) is 31.4 Å². The van der Waals surface area contributed by atoms with Crippen molar-refractivity contribution in [1.82, 2.24) is 4.98 Å². The van der Waals surface area contributed by atoms with Crippen LogP contribution in [0.5, 0.6) is 5.88 Å². The number of ether oxygens (including phenoxy) is 1. The van der Waals surface area contributed by atoms with Crippen molar-refractivity contribution >= 4 is 5.78 Å². The molecule has 4 heteroatoms. The lowest BCUT2D eigenvalue weighted by molar-refractivity contribution is -0.119. The third-order valence-corrected chi connectivity index (χ3v) is 2.24. The number of Topliss-reactive ketones (excluding diaryl/α,β-unsaturated/α-hetero) is 1. The van der Waals surface area contributed by atoms with Crippen molar-refractivity contribution in [3.63, 3.8) is 0 Å². The Hall–Kier alpha value is -1.42. The fourth-order valence-corrected chi connectivity index (χ4v) is 1.24. The Bertz CT molecular complexity index is 322. The largest absolute Gasteiger partial charge is 0.481 e. The molecule has 0 spiro atoms. The van der Waals surface area contributed by atoms with Gasteiger partial charge in [0, 0.05) is 31.1 Å². The van der Waals surface area contributed by atoms with E-state index >= 15 is 0 Å². The molecule has 0 amide bonds. The SMILES string of the molecule is CCC(=O)CC(N)c1ccc(OC)nc1. The van der Waals surface area contributed by atoms with Gasteiger partial charge in [-0.25, -0.2) is 4.98 Å². The molecule has 82 valence electrons. The second-order valence-electron chi connectivity index (χ2n) is 3.34. The van der Waals surface area contributed by atoms with Crippen LogP contribution < -0.4 is 10.5 Å². The summed E-state index contributed by atoms with van der Waals surface area (Å²) in [6.45, 7) is 1.83. The monoisotopic (exact) mass is 208 g/mol. The van der Waals surface area contributed by atoms with Crippen LogP contribution in [0, 0.1) is 0 Å². The van der Waals surface area contributed by atoms with E-state index in [1.165, 1.54) is 0 Å². The molecule has 1 rings (SSSR count). The number of aromatic nitrogens is 1. The Balaban J connectivity index is 2.65. The molecular formula is C11H16N2O2. The second kappa shape index (κ2) is 5.46. The zero-order valence-corrected chi connectivity index (χ0v) is 9.06. The number of hydrogen-bond donors (Lipinski definition) is 1. The van der Waals surface area contributed by atoms with E-state index in [1.54, 1.807) is 19.4 Å². The molecule has 0 aliphatic carbocycles. The normalized spacial score (nSPS) is 12.2. The molecule has 4 nitrogen and oxygen atoms in total. The average molecular weight is 208 g/mol. The Morgan fingerprint density at radius 2 is 2.33 bits per heavy atom. The molecule has 2 N–H and O–H groups in total. The van der Waals surface area contributed by atoms with Gasteiger partial charge in [-0.3, -0.25) is 4.79 Å². The quantitative estimate of drug-likeness (QED) is 0.795. The van der Waals surface area contributed by atoms with Crippen LogP contribution in [-0.4, -0.2) is 17.9 Å². The third kappa shape index (κ3) is 3.32. The van der Waals surface area contributed by atoms with Gasteiger partial charge < -0.3 is 10.5 Å². The molecule has 0 fully saturated rings. The summed E-state index contributed by atoms with van der Waals surface area (Å²) in [5.74, 6) is 0.714. The van der Waals surface area contributed by atoms with Crippen molar-refractivity contribution in [1.29, 1.82) is 0 Å². The van der Waals surface area contributed by atoms with E-state index in [1.807, 2.05) is 13.0 Å². The highest BCUT2D eigenvalue weighted by Crippen LogP contribution is 2.16. The van der Waals surface area contributed by atoms with Crippen molar-refractivity contribution in [2.24, 2.45) is 5.73 Å². The Morgan fingerprint density at radius 1 is 1.60 bits per heavy atom. The Morgan fingerprint density at radius 3 is 2.80 bits per heavy atom. The predicted molar refractivity (Wildman–Crippen MR) is 57.6 cm³/mol. The van der Waals surface area contributed by atoms with Gasteiger partial charge in [-0.15, -0.1) is 0 Å². The van der Waals surface area contributed by atoms with Crippen molar-refractivity contribution in [3.8, 4) is 5.88 Å². The van der Waals surface area contributed by atoms with Gasteiger partial charge in [0.1, 0.15) is 5.78 Å². The Kier molecular flexibility index (Phi) is 4.24. The summed E-state index contributed by atoms with van der Waals surface area (Å²) >= 11 is 0. The first-order valence-corrected chi connectivity index (χ1v) is 4.94.